The van der Waals surface area contributed by atoms with Crippen LogP contribution in [0.5, 0.6) is 0 Å². The van der Waals surface area contributed by atoms with Crippen LogP contribution in [0.2, 0.25) is 0 Å². The van der Waals surface area contributed by atoms with Crippen LogP contribution < -0.4 is 0 Å². The number of nitrogens with zero attached hydrogens (tertiary/aromatic N) is 1. The number of hydrogen-bond acceptors (Lipinski definition) is 3. The van der Waals surface area contributed by atoms with E-state index in [9.17, 15) is 14.0 Å². The van der Waals surface area contributed by atoms with Crippen molar-refractivity contribution in [2.24, 2.45) is 17.8 Å². The first-order chi connectivity index (χ1) is 13.3. The summed E-state index contributed by atoms with van der Waals surface area (Å²) in [4.78, 5) is 26.6. The number of halogens is 1. The van der Waals surface area contributed by atoms with Crippen molar-refractivity contribution in [1.82, 2.24) is 4.90 Å². The Balaban J connectivity index is 1.83. The van der Waals surface area contributed by atoms with E-state index in [2.05, 4.69) is 20.8 Å². The van der Waals surface area contributed by atoms with E-state index in [1.807, 2.05) is 0 Å². The van der Waals surface area contributed by atoms with Gasteiger partial charge >= 0.3 is 6.09 Å². The number of ether oxygens (including phenoxy) is 1. The van der Waals surface area contributed by atoms with Gasteiger partial charge in [-0.1, -0.05) is 33.3 Å². The zero-order valence-electron chi connectivity index (χ0n) is 17.2. The SMILES string of the molecule is Cc1cc(F)ccc1C1CC(=O)C=CN1C(=O)O[C@@H]1C[C@H](C)CC[C@H]1C(C)C. The van der Waals surface area contributed by atoms with Crippen LogP contribution in [0, 0.1) is 30.5 Å². The molecule has 1 fully saturated rings. The highest BCUT2D eigenvalue weighted by molar-refractivity contribution is 5.92. The van der Waals surface area contributed by atoms with Crippen LogP contribution in [0.25, 0.3) is 0 Å². The third-order valence-electron chi connectivity index (χ3n) is 6.17. The van der Waals surface area contributed by atoms with Crippen molar-refractivity contribution in [2.75, 3.05) is 0 Å². The molecule has 1 saturated carbocycles. The van der Waals surface area contributed by atoms with Gasteiger partial charge in [-0.3, -0.25) is 9.69 Å². The first-order valence-electron chi connectivity index (χ1n) is 10.2. The Kier molecular flexibility index (Phi) is 6.21. The molecule has 4 atom stereocenters. The molecule has 28 heavy (non-hydrogen) atoms. The molecule has 152 valence electrons. The van der Waals surface area contributed by atoms with Gasteiger partial charge in [-0.25, -0.2) is 9.18 Å². The van der Waals surface area contributed by atoms with Crippen molar-refractivity contribution in [1.29, 1.82) is 0 Å². The molecule has 1 unspecified atom stereocenters. The van der Waals surface area contributed by atoms with Crippen molar-refractivity contribution in [3.05, 3.63) is 47.4 Å². The highest BCUT2D eigenvalue weighted by atomic mass is 19.1. The number of allylic oxidation sites excluding steroid dienone is 1. The normalized spacial score (nSPS) is 27.9. The fraction of sp³-hybridized carbons (Fsp3) is 0.565. The van der Waals surface area contributed by atoms with Gasteiger partial charge in [-0.15, -0.1) is 0 Å². The molecule has 0 radical (unpaired) electrons. The first kappa shape index (κ1) is 20.6. The Morgan fingerprint density at radius 2 is 2.04 bits per heavy atom. The minimum Gasteiger partial charge on any atom is -0.446 e. The number of carbonyl (C=O) groups excluding carboxylic acids is 2. The Morgan fingerprint density at radius 1 is 1.29 bits per heavy atom. The van der Waals surface area contributed by atoms with Crippen molar-refractivity contribution in [3.8, 4) is 0 Å². The van der Waals surface area contributed by atoms with Gasteiger partial charge in [0.25, 0.3) is 0 Å². The van der Waals surface area contributed by atoms with Gasteiger partial charge in [-0.05, 0) is 66.9 Å². The Hall–Kier alpha value is -2.17. The molecular formula is C23H30FNO3. The van der Waals surface area contributed by atoms with Crippen LogP contribution in [0.1, 0.15) is 63.6 Å². The average molecular weight is 387 g/mol. The molecule has 0 spiro atoms. The highest BCUT2D eigenvalue weighted by Crippen LogP contribution is 2.37. The fourth-order valence-corrected chi connectivity index (χ4v) is 4.53. The predicted molar refractivity (Wildman–Crippen MR) is 106 cm³/mol. The molecule has 0 N–H and O–H groups in total. The second kappa shape index (κ2) is 8.46. The van der Waals surface area contributed by atoms with Gasteiger partial charge in [0.2, 0.25) is 0 Å². The van der Waals surface area contributed by atoms with E-state index in [0.717, 1.165) is 30.4 Å². The Morgan fingerprint density at radius 3 is 2.71 bits per heavy atom. The smallest absolute Gasteiger partial charge is 0.414 e. The molecule has 0 saturated heterocycles. The lowest BCUT2D eigenvalue weighted by molar-refractivity contribution is -0.116. The molecular weight excluding hydrogens is 357 g/mol. The van der Waals surface area contributed by atoms with E-state index in [0.29, 0.717) is 17.8 Å². The van der Waals surface area contributed by atoms with Crippen LogP contribution in [0.4, 0.5) is 9.18 Å². The third kappa shape index (κ3) is 4.45. The lowest BCUT2D eigenvalue weighted by Crippen LogP contribution is -2.41. The molecule has 1 aromatic rings. The highest BCUT2D eigenvalue weighted by Gasteiger charge is 2.37. The number of carbonyl (C=O) groups is 2. The first-order valence-corrected chi connectivity index (χ1v) is 10.2. The molecule has 0 bridgehead atoms. The second-order valence-corrected chi connectivity index (χ2v) is 8.66. The summed E-state index contributed by atoms with van der Waals surface area (Å²) < 4.78 is 19.5. The number of amides is 1. The summed E-state index contributed by atoms with van der Waals surface area (Å²) >= 11 is 0. The standard InChI is InChI=1S/C23H30FNO3/c1-14(2)19-7-5-15(3)11-22(19)28-23(27)25-10-9-18(26)13-21(25)20-8-6-17(24)12-16(20)4/h6,8-10,12,14-15,19,21-22H,5,7,11,13H2,1-4H3/t15-,19+,21?,22-/m1/s1. The summed E-state index contributed by atoms with van der Waals surface area (Å²) in [6.45, 7) is 8.33. The Labute approximate surface area is 166 Å². The number of hydrogen-bond donors (Lipinski definition) is 0. The van der Waals surface area contributed by atoms with Gasteiger partial charge in [0.05, 0.1) is 6.04 Å². The maximum Gasteiger partial charge on any atom is 0.414 e. The van der Waals surface area contributed by atoms with Gasteiger partial charge in [-0.2, -0.15) is 0 Å². The fourth-order valence-electron chi connectivity index (χ4n) is 4.53. The zero-order chi connectivity index (χ0) is 20.4. The van der Waals surface area contributed by atoms with Crippen LogP contribution in [0.3, 0.4) is 0 Å². The lowest BCUT2D eigenvalue weighted by atomic mass is 9.75. The van der Waals surface area contributed by atoms with Crippen LogP contribution in [-0.2, 0) is 9.53 Å². The molecule has 3 rings (SSSR count). The van der Waals surface area contributed by atoms with E-state index < -0.39 is 12.1 Å². The largest absolute Gasteiger partial charge is 0.446 e. The maximum absolute atomic E-state index is 13.5. The van der Waals surface area contributed by atoms with E-state index in [4.69, 9.17) is 4.74 Å². The molecule has 1 aliphatic heterocycles. The van der Waals surface area contributed by atoms with Crippen molar-refractivity contribution < 1.29 is 18.7 Å². The number of benzene rings is 1. The summed E-state index contributed by atoms with van der Waals surface area (Å²) in [7, 11) is 0. The second-order valence-electron chi connectivity index (χ2n) is 8.66. The maximum atomic E-state index is 13.5. The molecule has 4 nitrogen and oxygen atoms in total. The molecule has 0 aromatic heterocycles. The third-order valence-corrected chi connectivity index (χ3v) is 6.17. The molecule has 2 aliphatic rings. The summed E-state index contributed by atoms with van der Waals surface area (Å²) in [5, 5.41) is 0. The minimum absolute atomic E-state index is 0.0517. The predicted octanol–water partition coefficient (Wildman–Crippen LogP) is 5.56. The van der Waals surface area contributed by atoms with Crippen molar-refractivity contribution in [2.45, 2.75) is 65.5 Å². The summed E-state index contributed by atoms with van der Waals surface area (Å²) in [5.41, 5.74) is 1.49. The molecule has 1 amide bonds. The number of rotatable bonds is 3. The van der Waals surface area contributed by atoms with E-state index in [1.165, 1.54) is 29.3 Å². The summed E-state index contributed by atoms with van der Waals surface area (Å²) in [5.74, 6) is 0.940. The molecule has 5 heteroatoms. The molecule has 1 aromatic carbocycles. The average Bonchev–Trinajstić information content (AvgIpc) is 2.61. The lowest BCUT2D eigenvalue weighted by Gasteiger charge is -2.39. The monoisotopic (exact) mass is 387 g/mol. The topological polar surface area (TPSA) is 46.6 Å². The van der Waals surface area contributed by atoms with Crippen LogP contribution in [-0.4, -0.2) is 22.9 Å². The van der Waals surface area contributed by atoms with Crippen LogP contribution in [0.15, 0.2) is 30.5 Å². The number of ketones is 1. The van der Waals surface area contributed by atoms with Gasteiger partial charge in [0, 0.05) is 12.6 Å². The van der Waals surface area contributed by atoms with Crippen LogP contribution >= 0.6 is 0 Å². The van der Waals surface area contributed by atoms with Crippen molar-refractivity contribution in [3.63, 3.8) is 0 Å². The van der Waals surface area contributed by atoms with E-state index >= 15 is 0 Å². The molecule has 1 heterocycles. The van der Waals surface area contributed by atoms with Gasteiger partial charge in [0.1, 0.15) is 11.9 Å². The minimum atomic E-state index is -0.468. The van der Waals surface area contributed by atoms with Crippen molar-refractivity contribution >= 4 is 11.9 Å². The summed E-state index contributed by atoms with van der Waals surface area (Å²) in [6.07, 6.45) is 5.65. The summed E-state index contributed by atoms with van der Waals surface area (Å²) in [6, 6.07) is 3.98. The quantitative estimate of drug-likeness (QED) is 0.682. The Bertz CT molecular complexity index is 773. The number of aryl methyl sites for hydroxylation is 1. The van der Waals surface area contributed by atoms with Gasteiger partial charge in [0.15, 0.2) is 5.78 Å². The van der Waals surface area contributed by atoms with E-state index in [-0.39, 0.29) is 24.1 Å². The van der Waals surface area contributed by atoms with Gasteiger partial charge < -0.3 is 4.74 Å². The van der Waals surface area contributed by atoms with E-state index in [1.54, 1.807) is 13.0 Å². The molecule has 1 aliphatic carbocycles. The zero-order valence-corrected chi connectivity index (χ0v) is 17.2.